The fraction of sp³-hybridized carbons (Fsp3) is 0.364. The van der Waals surface area contributed by atoms with Crippen LogP contribution in [0.3, 0.4) is 0 Å². The summed E-state index contributed by atoms with van der Waals surface area (Å²) >= 11 is 0. The molecule has 0 unspecified atom stereocenters. The second-order valence-electron chi connectivity index (χ2n) is 2.62. The summed E-state index contributed by atoms with van der Waals surface area (Å²) in [5.41, 5.74) is 0.548. The van der Waals surface area contributed by atoms with Crippen molar-refractivity contribution in [2.75, 3.05) is 0 Å². The van der Waals surface area contributed by atoms with Gasteiger partial charge in [0.1, 0.15) is 6.26 Å². The summed E-state index contributed by atoms with van der Waals surface area (Å²) < 4.78 is 0. The lowest BCUT2D eigenvalue weighted by atomic mass is 10.2. The second-order valence-corrected chi connectivity index (χ2v) is 2.62. The third-order valence-electron chi connectivity index (χ3n) is 1.39. The molecule has 0 heterocycles. The first kappa shape index (κ1) is 12.5. The number of carbonyl (C=O) groups is 1. The summed E-state index contributed by atoms with van der Waals surface area (Å²) in [5, 5.41) is 0. The Kier molecular flexibility index (Phi) is 7.23. The Bertz CT molecular complexity index is 249. The molecule has 0 aliphatic carbocycles. The first-order chi connectivity index (χ1) is 6.72. The van der Waals surface area contributed by atoms with Gasteiger partial charge in [0, 0.05) is 5.57 Å². The summed E-state index contributed by atoms with van der Waals surface area (Å²) in [4.78, 5) is 20.1. The predicted octanol–water partition coefficient (Wildman–Crippen LogP) is 2.91. The van der Waals surface area contributed by atoms with Crippen LogP contribution in [0.1, 0.15) is 27.2 Å². The minimum atomic E-state index is -0.461. The van der Waals surface area contributed by atoms with Crippen LogP contribution in [0.15, 0.2) is 36.1 Å². The monoisotopic (exact) mass is 196 g/mol. The Hall–Kier alpha value is -1.51. The molecule has 0 aliphatic rings. The van der Waals surface area contributed by atoms with E-state index < -0.39 is 5.97 Å². The average molecular weight is 196 g/mol. The normalized spacial score (nSPS) is 12.4. The van der Waals surface area contributed by atoms with Crippen molar-refractivity contribution in [1.29, 1.82) is 0 Å². The van der Waals surface area contributed by atoms with Gasteiger partial charge in [0.25, 0.3) is 0 Å². The van der Waals surface area contributed by atoms with Crippen LogP contribution in [0, 0.1) is 0 Å². The van der Waals surface area contributed by atoms with E-state index in [1.54, 1.807) is 25.2 Å². The molecule has 0 amide bonds. The molecule has 3 nitrogen and oxygen atoms in total. The molecule has 0 bridgehead atoms. The molecule has 0 spiro atoms. The quantitative estimate of drug-likeness (QED) is 0.223. The minimum Gasteiger partial charge on any atom is -0.295 e. The van der Waals surface area contributed by atoms with Crippen molar-refractivity contribution in [2.24, 2.45) is 0 Å². The molecule has 0 aromatic rings. The van der Waals surface area contributed by atoms with Gasteiger partial charge < -0.3 is 0 Å². The predicted molar refractivity (Wildman–Crippen MR) is 55.2 cm³/mol. The molecule has 3 heteroatoms. The molecule has 0 saturated heterocycles. The van der Waals surface area contributed by atoms with E-state index >= 15 is 0 Å². The van der Waals surface area contributed by atoms with E-state index in [0.717, 1.165) is 6.42 Å². The van der Waals surface area contributed by atoms with Gasteiger partial charge in [-0.2, -0.15) is 0 Å². The maximum Gasteiger partial charge on any atom is 0.381 e. The van der Waals surface area contributed by atoms with Gasteiger partial charge in [-0.1, -0.05) is 25.2 Å². The highest BCUT2D eigenvalue weighted by Crippen LogP contribution is 1.99. The van der Waals surface area contributed by atoms with Crippen LogP contribution < -0.4 is 0 Å². The van der Waals surface area contributed by atoms with Crippen LogP contribution in [-0.2, 0) is 14.6 Å². The van der Waals surface area contributed by atoms with Gasteiger partial charge in [0.05, 0.1) is 0 Å². The van der Waals surface area contributed by atoms with E-state index in [9.17, 15) is 4.79 Å². The van der Waals surface area contributed by atoms with E-state index in [-0.39, 0.29) is 0 Å². The van der Waals surface area contributed by atoms with E-state index in [1.165, 1.54) is 6.26 Å². The lowest BCUT2D eigenvalue weighted by Gasteiger charge is -1.99. The standard InChI is InChI=1S/C11H16O3/c1-4-6-7-9-13-14-11(12)10(3)8-5-2/h4,6-9H,5H2,1-3H3. The average Bonchev–Trinajstić information content (AvgIpc) is 2.17. The third kappa shape index (κ3) is 6.06. The molecule has 0 aliphatic heterocycles. The van der Waals surface area contributed by atoms with Gasteiger partial charge in [-0.25, -0.2) is 9.68 Å². The summed E-state index contributed by atoms with van der Waals surface area (Å²) in [6.07, 6.45) is 9.12. The van der Waals surface area contributed by atoms with Crippen LogP contribution in [0.5, 0.6) is 0 Å². The van der Waals surface area contributed by atoms with Crippen LogP contribution in [0.25, 0.3) is 0 Å². The Morgan fingerprint density at radius 3 is 2.64 bits per heavy atom. The fourth-order valence-electron chi connectivity index (χ4n) is 0.715. The zero-order chi connectivity index (χ0) is 10.8. The maximum absolute atomic E-state index is 11.1. The largest absolute Gasteiger partial charge is 0.381 e. The molecule has 0 saturated carbocycles. The number of carbonyl (C=O) groups excluding carboxylic acids is 1. The van der Waals surface area contributed by atoms with Crippen molar-refractivity contribution in [3.8, 4) is 0 Å². The van der Waals surface area contributed by atoms with Gasteiger partial charge in [-0.15, -0.1) is 0 Å². The zero-order valence-electron chi connectivity index (χ0n) is 8.82. The number of allylic oxidation sites excluding steroid dienone is 4. The molecule has 0 aromatic heterocycles. The van der Waals surface area contributed by atoms with Crippen molar-refractivity contribution >= 4 is 5.97 Å². The molecular formula is C11H16O3. The maximum atomic E-state index is 11.1. The highest BCUT2D eigenvalue weighted by molar-refractivity contribution is 5.87. The smallest absolute Gasteiger partial charge is 0.295 e. The van der Waals surface area contributed by atoms with Gasteiger partial charge in [0.15, 0.2) is 0 Å². The summed E-state index contributed by atoms with van der Waals surface area (Å²) in [7, 11) is 0. The molecule has 0 rings (SSSR count). The zero-order valence-corrected chi connectivity index (χ0v) is 8.82. The van der Waals surface area contributed by atoms with Gasteiger partial charge in [0.2, 0.25) is 0 Å². The lowest BCUT2D eigenvalue weighted by molar-refractivity contribution is -0.233. The number of rotatable bonds is 5. The Balaban J connectivity index is 3.80. The molecular weight excluding hydrogens is 180 g/mol. The topological polar surface area (TPSA) is 35.5 Å². The second kappa shape index (κ2) is 8.10. The Labute approximate surface area is 84.6 Å². The fourth-order valence-corrected chi connectivity index (χ4v) is 0.715. The molecule has 0 N–H and O–H groups in total. The molecule has 0 aromatic carbocycles. The van der Waals surface area contributed by atoms with Crippen LogP contribution in [-0.4, -0.2) is 5.97 Å². The molecule has 0 atom stereocenters. The first-order valence-electron chi connectivity index (χ1n) is 4.54. The van der Waals surface area contributed by atoms with E-state index in [2.05, 4.69) is 9.78 Å². The SMILES string of the molecule is CC=CC=COOC(=O)C(C)=CCC. The summed E-state index contributed by atoms with van der Waals surface area (Å²) in [6, 6.07) is 0. The van der Waals surface area contributed by atoms with Crippen LogP contribution >= 0.6 is 0 Å². The number of hydrogen-bond acceptors (Lipinski definition) is 3. The van der Waals surface area contributed by atoms with Gasteiger partial charge >= 0.3 is 5.97 Å². The van der Waals surface area contributed by atoms with E-state index in [0.29, 0.717) is 5.57 Å². The lowest BCUT2D eigenvalue weighted by Crippen LogP contribution is -2.03. The Morgan fingerprint density at radius 2 is 2.07 bits per heavy atom. The highest BCUT2D eigenvalue weighted by atomic mass is 17.2. The Morgan fingerprint density at radius 1 is 1.36 bits per heavy atom. The number of hydrogen-bond donors (Lipinski definition) is 0. The van der Waals surface area contributed by atoms with Gasteiger partial charge in [-0.3, -0.25) is 4.89 Å². The molecule has 14 heavy (non-hydrogen) atoms. The first-order valence-corrected chi connectivity index (χ1v) is 4.54. The van der Waals surface area contributed by atoms with Crippen molar-refractivity contribution in [3.63, 3.8) is 0 Å². The molecule has 78 valence electrons. The van der Waals surface area contributed by atoms with Gasteiger partial charge in [-0.05, 0) is 26.3 Å². The summed E-state index contributed by atoms with van der Waals surface area (Å²) in [6.45, 7) is 5.51. The van der Waals surface area contributed by atoms with Crippen LogP contribution in [0.4, 0.5) is 0 Å². The minimum absolute atomic E-state index is 0.461. The van der Waals surface area contributed by atoms with E-state index in [1.807, 2.05) is 19.9 Å². The van der Waals surface area contributed by atoms with Crippen molar-refractivity contribution in [2.45, 2.75) is 27.2 Å². The highest BCUT2D eigenvalue weighted by Gasteiger charge is 2.04. The van der Waals surface area contributed by atoms with Crippen LogP contribution in [0.2, 0.25) is 0 Å². The summed E-state index contributed by atoms with van der Waals surface area (Å²) in [5.74, 6) is -0.461. The molecule has 0 fully saturated rings. The van der Waals surface area contributed by atoms with Crippen molar-refractivity contribution < 1.29 is 14.6 Å². The van der Waals surface area contributed by atoms with E-state index in [4.69, 9.17) is 0 Å². The van der Waals surface area contributed by atoms with Crippen molar-refractivity contribution in [1.82, 2.24) is 0 Å². The van der Waals surface area contributed by atoms with Crippen molar-refractivity contribution in [3.05, 3.63) is 36.1 Å². The molecule has 0 radical (unpaired) electrons. The third-order valence-corrected chi connectivity index (χ3v) is 1.39.